The average Bonchev–Trinajstić information content (AvgIpc) is 2.35. The zero-order valence-electron chi connectivity index (χ0n) is 10.3. The molecule has 0 saturated heterocycles. The van der Waals surface area contributed by atoms with E-state index in [4.69, 9.17) is 11.6 Å². The largest absolute Gasteiger partial charge is 0.433 e. The molecule has 0 bridgehead atoms. The van der Waals surface area contributed by atoms with Gasteiger partial charge < -0.3 is 15.4 Å². The second-order valence-corrected chi connectivity index (χ2v) is 4.18. The Balaban J connectivity index is 2.49. The Hall–Kier alpha value is -1.77. The third-order valence-corrected chi connectivity index (χ3v) is 2.38. The molecule has 10 heteroatoms. The molecule has 21 heavy (non-hydrogen) atoms. The molecule has 0 atom stereocenters. The van der Waals surface area contributed by atoms with Crippen LogP contribution < -0.4 is 15.4 Å². The van der Waals surface area contributed by atoms with E-state index < -0.39 is 31.8 Å². The van der Waals surface area contributed by atoms with Crippen LogP contribution in [0.25, 0.3) is 0 Å². The van der Waals surface area contributed by atoms with Crippen LogP contribution in [0.2, 0.25) is 5.02 Å². The topological polar surface area (TPSA) is 50.4 Å². The summed E-state index contributed by atoms with van der Waals surface area (Å²) in [6, 6.07) is 3.64. The van der Waals surface area contributed by atoms with Crippen LogP contribution in [0, 0.1) is 0 Å². The number of nitrogens with one attached hydrogen (secondary N) is 2. The quantitative estimate of drug-likeness (QED) is 0.787. The molecular weight excluding hydrogens is 323 g/mol. The van der Waals surface area contributed by atoms with Crippen molar-refractivity contribution < 1.29 is 31.5 Å². The van der Waals surface area contributed by atoms with Crippen molar-refractivity contribution in [2.75, 3.05) is 18.4 Å². The number of amides is 1. The summed E-state index contributed by atoms with van der Waals surface area (Å²) < 4.78 is 63.7. The van der Waals surface area contributed by atoms with Crippen molar-refractivity contribution in [1.82, 2.24) is 5.32 Å². The van der Waals surface area contributed by atoms with Crippen molar-refractivity contribution in [2.45, 2.75) is 12.8 Å². The molecule has 0 saturated carbocycles. The van der Waals surface area contributed by atoms with Crippen LogP contribution in [0.1, 0.15) is 0 Å². The summed E-state index contributed by atoms with van der Waals surface area (Å²) >= 11 is 5.66. The third-order valence-electron chi connectivity index (χ3n) is 2.09. The molecule has 1 aromatic rings. The number of hydrogen-bond donors (Lipinski definition) is 2. The summed E-state index contributed by atoms with van der Waals surface area (Å²) in [5, 5.41) is 4.03. The molecule has 118 valence electrons. The van der Waals surface area contributed by atoms with Gasteiger partial charge in [-0.15, -0.1) is 0 Å². The molecular formula is C11H10ClF5N2O2. The summed E-state index contributed by atoms with van der Waals surface area (Å²) in [5.41, 5.74) is 0.267. The van der Waals surface area contributed by atoms with Crippen LogP contribution in [0.5, 0.6) is 5.75 Å². The molecule has 0 aliphatic carbocycles. The summed E-state index contributed by atoms with van der Waals surface area (Å²) in [6.07, 6.45) is -4.49. The van der Waals surface area contributed by atoms with Gasteiger partial charge in [0.25, 0.3) is 0 Å². The third kappa shape index (κ3) is 6.98. The number of halogens is 6. The molecule has 4 nitrogen and oxygen atoms in total. The lowest BCUT2D eigenvalue weighted by atomic mass is 10.3. The number of ether oxygens (including phenoxy) is 1. The normalized spacial score (nSPS) is 11.4. The van der Waals surface area contributed by atoms with Crippen molar-refractivity contribution in [2.24, 2.45) is 0 Å². The SMILES string of the molecule is O=C(CNc1ccc(OC(F)F)c(Cl)c1)NCC(F)(F)F. The first-order chi connectivity index (χ1) is 9.67. The molecule has 0 aromatic heterocycles. The van der Waals surface area contributed by atoms with Gasteiger partial charge in [-0.1, -0.05) is 11.6 Å². The van der Waals surface area contributed by atoms with Gasteiger partial charge in [-0.05, 0) is 18.2 Å². The molecule has 0 heterocycles. The van der Waals surface area contributed by atoms with Crippen molar-refractivity contribution in [3.63, 3.8) is 0 Å². The zero-order valence-corrected chi connectivity index (χ0v) is 11.1. The smallest absolute Gasteiger partial charge is 0.405 e. The molecule has 0 unspecified atom stereocenters. The molecule has 0 fully saturated rings. The van der Waals surface area contributed by atoms with Crippen molar-refractivity contribution in [1.29, 1.82) is 0 Å². The molecule has 1 amide bonds. The Kier molecular flexibility index (Phi) is 6.01. The fourth-order valence-electron chi connectivity index (χ4n) is 1.25. The average molecular weight is 333 g/mol. The highest BCUT2D eigenvalue weighted by Gasteiger charge is 2.27. The van der Waals surface area contributed by atoms with Gasteiger partial charge in [0.15, 0.2) is 0 Å². The Bertz CT molecular complexity index is 496. The van der Waals surface area contributed by atoms with Crippen LogP contribution in [-0.4, -0.2) is 31.8 Å². The fourth-order valence-corrected chi connectivity index (χ4v) is 1.47. The highest BCUT2D eigenvalue weighted by molar-refractivity contribution is 6.32. The van der Waals surface area contributed by atoms with Crippen LogP contribution >= 0.6 is 11.6 Å². The lowest BCUT2D eigenvalue weighted by Gasteiger charge is -2.11. The van der Waals surface area contributed by atoms with E-state index in [2.05, 4.69) is 10.1 Å². The molecule has 0 radical (unpaired) electrons. The summed E-state index contributed by atoms with van der Waals surface area (Å²) in [4.78, 5) is 11.1. The van der Waals surface area contributed by atoms with Crippen LogP contribution in [0.3, 0.4) is 0 Å². The van der Waals surface area contributed by atoms with E-state index in [9.17, 15) is 26.7 Å². The van der Waals surface area contributed by atoms with E-state index in [1.807, 2.05) is 0 Å². The first-order valence-electron chi connectivity index (χ1n) is 5.49. The monoisotopic (exact) mass is 332 g/mol. The van der Waals surface area contributed by atoms with Crippen LogP contribution in [-0.2, 0) is 4.79 Å². The highest BCUT2D eigenvalue weighted by Crippen LogP contribution is 2.28. The number of carbonyl (C=O) groups excluding carboxylic acids is 1. The van der Waals surface area contributed by atoms with E-state index in [1.165, 1.54) is 12.1 Å². The second kappa shape index (κ2) is 7.30. The van der Waals surface area contributed by atoms with Gasteiger partial charge in [0.2, 0.25) is 5.91 Å². The van der Waals surface area contributed by atoms with Gasteiger partial charge in [0.05, 0.1) is 11.6 Å². The summed E-state index contributed by atoms with van der Waals surface area (Å²) in [7, 11) is 0. The fraction of sp³-hybridized carbons (Fsp3) is 0.364. The van der Waals surface area contributed by atoms with Gasteiger partial charge in [-0.25, -0.2) is 0 Å². The van der Waals surface area contributed by atoms with Gasteiger partial charge in [0.1, 0.15) is 12.3 Å². The molecule has 1 aromatic carbocycles. The first-order valence-corrected chi connectivity index (χ1v) is 5.87. The Labute approximate surface area is 121 Å². The maximum absolute atomic E-state index is 12.0. The number of hydrogen-bond acceptors (Lipinski definition) is 3. The minimum Gasteiger partial charge on any atom is -0.433 e. The van der Waals surface area contributed by atoms with Crippen LogP contribution in [0.4, 0.5) is 27.6 Å². The number of rotatable bonds is 6. The maximum Gasteiger partial charge on any atom is 0.405 e. The maximum atomic E-state index is 12.0. The molecule has 0 aliphatic rings. The second-order valence-electron chi connectivity index (χ2n) is 3.77. The van der Waals surface area contributed by atoms with Crippen molar-refractivity contribution >= 4 is 23.2 Å². The first kappa shape index (κ1) is 17.3. The predicted molar refractivity (Wildman–Crippen MR) is 65.6 cm³/mol. The van der Waals surface area contributed by atoms with E-state index in [0.29, 0.717) is 0 Å². The molecule has 0 spiro atoms. The minimum atomic E-state index is -4.49. The van der Waals surface area contributed by atoms with E-state index in [0.717, 1.165) is 6.07 Å². The van der Waals surface area contributed by atoms with E-state index in [1.54, 1.807) is 5.32 Å². The molecule has 1 rings (SSSR count). The standard InChI is InChI=1S/C11H10ClF5N2O2/c12-7-3-6(1-2-8(7)21-10(13)14)18-4-9(20)19-5-11(15,16)17/h1-3,10,18H,4-5H2,(H,19,20). The summed E-state index contributed by atoms with van der Waals surface area (Å²) in [6.45, 7) is -4.90. The van der Waals surface area contributed by atoms with Crippen molar-refractivity contribution in [3.8, 4) is 5.75 Å². The van der Waals surface area contributed by atoms with Crippen LogP contribution in [0.15, 0.2) is 18.2 Å². The predicted octanol–water partition coefficient (Wildman–Crippen LogP) is 3.03. The Morgan fingerprint density at radius 2 is 2.00 bits per heavy atom. The van der Waals surface area contributed by atoms with Gasteiger partial charge in [-0.3, -0.25) is 4.79 Å². The van der Waals surface area contributed by atoms with E-state index in [-0.39, 0.29) is 16.5 Å². The highest BCUT2D eigenvalue weighted by atomic mass is 35.5. The van der Waals surface area contributed by atoms with E-state index >= 15 is 0 Å². The number of benzene rings is 1. The number of carbonyl (C=O) groups is 1. The Morgan fingerprint density at radius 3 is 2.52 bits per heavy atom. The lowest BCUT2D eigenvalue weighted by Crippen LogP contribution is -2.37. The Morgan fingerprint density at radius 1 is 1.33 bits per heavy atom. The molecule has 2 N–H and O–H groups in total. The number of alkyl halides is 5. The molecule has 0 aliphatic heterocycles. The zero-order chi connectivity index (χ0) is 16.0. The lowest BCUT2D eigenvalue weighted by molar-refractivity contribution is -0.137. The number of anilines is 1. The minimum absolute atomic E-state index is 0.129. The van der Waals surface area contributed by atoms with Gasteiger partial charge in [-0.2, -0.15) is 22.0 Å². The summed E-state index contributed by atoms with van der Waals surface area (Å²) in [5.74, 6) is -1.13. The van der Waals surface area contributed by atoms with Gasteiger partial charge >= 0.3 is 12.8 Å². The van der Waals surface area contributed by atoms with Crippen molar-refractivity contribution in [3.05, 3.63) is 23.2 Å². The van der Waals surface area contributed by atoms with Gasteiger partial charge in [0, 0.05) is 5.69 Å².